The standard InChI is InChI=1S/C14H31N3O2S/c1-14(2)13-20(18,19)17-10-6-9-16(11-12-17)8-5-3-4-7-15/h14H,3-13,15H2,1-2H3. The van der Waals surface area contributed by atoms with Gasteiger partial charge in [0.25, 0.3) is 0 Å². The summed E-state index contributed by atoms with van der Waals surface area (Å²) < 4.78 is 26.2. The first-order valence-electron chi connectivity index (χ1n) is 7.86. The maximum Gasteiger partial charge on any atom is 0.214 e. The first kappa shape index (κ1) is 17.9. The van der Waals surface area contributed by atoms with Crippen molar-refractivity contribution in [2.24, 2.45) is 11.7 Å². The summed E-state index contributed by atoms with van der Waals surface area (Å²) in [4.78, 5) is 2.39. The maximum absolute atomic E-state index is 12.2. The Kier molecular flexibility index (Phi) is 8.02. The fourth-order valence-corrected chi connectivity index (χ4v) is 4.45. The highest BCUT2D eigenvalue weighted by Crippen LogP contribution is 2.12. The van der Waals surface area contributed by atoms with Gasteiger partial charge >= 0.3 is 0 Å². The third kappa shape index (κ3) is 6.52. The molecule has 6 heteroatoms. The van der Waals surface area contributed by atoms with E-state index in [0.29, 0.717) is 13.1 Å². The van der Waals surface area contributed by atoms with Crippen LogP contribution in [-0.2, 0) is 10.0 Å². The molecule has 0 saturated carbocycles. The van der Waals surface area contributed by atoms with Crippen LogP contribution in [-0.4, -0.2) is 62.6 Å². The average Bonchev–Trinajstić information content (AvgIpc) is 2.59. The Balaban J connectivity index is 2.39. The topological polar surface area (TPSA) is 66.6 Å². The smallest absolute Gasteiger partial charge is 0.214 e. The monoisotopic (exact) mass is 305 g/mol. The van der Waals surface area contributed by atoms with Crippen LogP contribution < -0.4 is 5.73 Å². The van der Waals surface area contributed by atoms with E-state index in [1.54, 1.807) is 4.31 Å². The van der Waals surface area contributed by atoms with Crippen LogP contribution in [0.2, 0.25) is 0 Å². The molecule has 1 fully saturated rings. The number of hydrogen-bond acceptors (Lipinski definition) is 4. The van der Waals surface area contributed by atoms with E-state index in [9.17, 15) is 8.42 Å². The zero-order valence-electron chi connectivity index (χ0n) is 13.1. The number of rotatable bonds is 8. The van der Waals surface area contributed by atoms with E-state index in [1.807, 2.05) is 13.8 Å². The van der Waals surface area contributed by atoms with Crippen LogP contribution in [0.5, 0.6) is 0 Å². The lowest BCUT2D eigenvalue weighted by atomic mass is 10.2. The number of hydrogen-bond donors (Lipinski definition) is 1. The number of unbranched alkanes of at least 4 members (excludes halogenated alkanes) is 2. The molecule has 0 unspecified atom stereocenters. The molecule has 120 valence electrons. The Hall–Kier alpha value is -0.170. The minimum absolute atomic E-state index is 0.190. The van der Waals surface area contributed by atoms with E-state index in [-0.39, 0.29) is 11.7 Å². The molecule has 1 heterocycles. The minimum atomic E-state index is -3.07. The summed E-state index contributed by atoms with van der Waals surface area (Å²) in [6, 6.07) is 0. The first-order chi connectivity index (χ1) is 9.45. The third-order valence-electron chi connectivity index (χ3n) is 3.66. The van der Waals surface area contributed by atoms with Crippen LogP contribution in [0.25, 0.3) is 0 Å². The van der Waals surface area contributed by atoms with E-state index in [0.717, 1.165) is 45.4 Å². The van der Waals surface area contributed by atoms with Crippen molar-refractivity contribution in [2.45, 2.75) is 39.5 Å². The quantitative estimate of drug-likeness (QED) is 0.682. The predicted molar refractivity (Wildman–Crippen MR) is 84.2 cm³/mol. The van der Waals surface area contributed by atoms with E-state index in [2.05, 4.69) is 4.90 Å². The molecule has 0 bridgehead atoms. The van der Waals surface area contributed by atoms with E-state index < -0.39 is 10.0 Å². The Bertz CT molecular complexity index is 357. The van der Waals surface area contributed by atoms with E-state index >= 15 is 0 Å². The fraction of sp³-hybridized carbons (Fsp3) is 1.00. The number of nitrogens with two attached hydrogens (primary N) is 1. The van der Waals surface area contributed by atoms with Crippen molar-refractivity contribution in [3.63, 3.8) is 0 Å². The molecule has 0 amide bonds. The van der Waals surface area contributed by atoms with Gasteiger partial charge in [-0.3, -0.25) is 0 Å². The maximum atomic E-state index is 12.2. The molecule has 5 nitrogen and oxygen atoms in total. The molecule has 1 aliphatic heterocycles. The van der Waals surface area contributed by atoms with E-state index in [1.165, 1.54) is 6.42 Å². The molecule has 0 atom stereocenters. The molecular formula is C14H31N3O2S. The Morgan fingerprint density at radius 3 is 2.45 bits per heavy atom. The van der Waals surface area contributed by atoms with Gasteiger partial charge in [-0.05, 0) is 44.8 Å². The average molecular weight is 305 g/mol. The lowest BCUT2D eigenvalue weighted by Gasteiger charge is -2.22. The van der Waals surface area contributed by atoms with Crippen molar-refractivity contribution in [1.82, 2.24) is 9.21 Å². The second-order valence-electron chi connectivity index (χ2n) is 6.12. The zero-order chi connectivity index (χ0) is 15.0. The van der Waals surface area contributed by atoms with Crippen LogP contribution in [0.1, 0.15) is 39.5 Å². The summed E-state index contributed by atoms with van der Waals surface area (Å²) in [6.45, 7) is 8.94. The van der Waals surface area contributed by atoms with Gasteiger partial charge in [0.1, 0.15) is 0 Å². The highest BCUT2D eigenvalue weighted by Gasteiger charge is 2.25. The SMILES string of the molecule is CC(C)CS(=O)(=O)N1CCCN(CCCCCN)CC1. The normalized spacial score (nSPS) is 19.4. The Morgan fingerprint density at radius 2 is 1.80 bits per heavy atom. The molecule has 0 aliphatic carbocycles. The van der Waals surface area contributed by atoms with Crippen molar-refractivity contribution in [1.29, 1.82) is 0 Å². The zero-order valence-corrected chi connectivity index (χ0v) is 13.9. The molecule has 0 aromatic carbocycles. The lowest BCUT2D eigenvalue weighted by Crippen LogP contribution is -2.37. The van der Waals surface area contributed by atoms with Crippen LogP contribution in [0.4, 0.5) is 0 Å². The van der Waals surface area contributed by atoms with Gasteiger partial charge in [-0.2, -0.15) is 0 Å². The molecular weight excluding hydrogens is 274 g/mol. The second-order valence-corrected chi connectivity index (χ2v) is 8.13. The van der Waals surface area contributed by atoms with Gasteiger partial charge in [0, 0.05) is 19.6 Å². The third-order valence-corrected chi connectivity index (χ3v) is 5.90. The van der Waals surface area contributed by atoms with Crippen LogP contribution in [0, 0.1) is 5.92 Å². The van der Waals surface area contributed by atoms with Gasteiger partial charge in [-0.25, -0.2) is 12.7 Å². The van der Waals surface area contributed by atoms with Crippen LogP contribution in [0.3, 0.4) is 0 Å². The van der Waals surface area contributed by atoms with Gasteiger partial charge in [0.05, 0.1) is 5.75 Å². The summed E-state index contributed by atoms with van der Waals surface area (Å²) in [5.41, 5.74) is 5.49. The largest absolute Gasteiger partial charge is 0.330 e. The number of sulfonamides is 1. The van der Waals surface area contributed by atoms with Crippen molar-refractivity contribution in [3.8, 4) is 0 Å². The Labute approximate surface area is 124 Å². The van der Waals surface area contributed by atoms with Gasteiger partial charge < -0.3 is 10.6 Å². The molecule has 20 heavy (non-hydrogen) atoms. The number of nitrogens with zero attached hydrogens (tertiary/aromatic N) is 2. The molecule has 0 spiro atoms. The predicted octanol–water partition coefficient (Wildman–Crippen LogP) is 1.11. The van der Waals surface area contributed by atoms with Crippen molar-refractivity contribution in [2.75, 3.05) is 45.0 Å². The highest BCUT2D eigenvalue weighted by molar-refractivity contribution is 7.89. The van der Waals surface area contributed by atoms with Crippen LogP contribution in [0.15, 0.2) is 0 Å². The summed E-state index contributed by atoms with van der Waals surface area (Å²) in [5, 5.41) is 0. The van der Waals surface area contributed by atoms with Crippen molar-refractivity contribution in [3.05, 3.63) is 0 Å². The van der Waals surface area contributed by atoms with E-state index in [4.69, 9.17) is 5.73 Å². The molecule has 0 aromatic heterocycles. The first-order valence-corrected chi connectivity index (χ1v) is 9.47. The van der Waals surface area contributed by atoms with Gasteiger partial charge in [0.15, 0.2) is 0 Å². The molecule has 2 N–H and O–H groups in total. The van der Waals surface area contributed by atoms with Crippen molar-refractivity contribution < 1.29 is 8.42 Å². The molecule has 1 rings (SSSR count). The fourth-order valence-electron chi connectivity index (χ4n) is 2.63. The molecule has 0 aromatic rings. The summed E-state index contributed by atoms with van der Waals surface area (Å²) in [6.07, 6.45) is 4.36. The second kappa shape index (κ2) is 8.97. The molecule has 1 saturated heterocycles. The van der Waals surface area contributed by atoms with Gasteiger partial charge in [-0.1, -0.05) is 20.3 Å². The van der Waals surface area contributed by atoms with Crippen molar-refractivity contribution >= 4 is 10.0 Å². The summed E-state index contributed by atoms with van der Waals surface area (Å²) >= 11 is 0. The Morgan fingerprint density at radius 1 is 1.05 bits per heavy atom. The van der Waals surface area contributed by atoms with Crippen LogP contribution >= 0.6 is 0 Å². The summed E-state index contributed by atoms with van der Waals surface area (Å²) in [5.74, 6) is 0.458. The molecule has 0 radical (unpaired) electrons. The molecule has 1 aliphatic rings. The minimum Gasteiger partial charge on any atom is -0.330 e. The lowest BCUT2D eigenvalue weighted by molar-refractivity contribution is 0.280. The van der Waals surface area contributed by atoms with Gasteiger partial charge in [-0.15, -0.1) is 0 Å². The van der Waals surface area contributed by atoms with Gasteiger partial charge in [0.2, 0.25) is 10.0 Å². The highest BCUT2D eigenvalue weighted by atomic mass is 32.2. The summed E-state index contributed by atoms with van der Waals surface area (Å²) in [7, 11) is -3.07.